The van der Waals surface area contributed by atoms with Crippen molar-refractivity contribution in [3.8, 4) is 5.75 Å². The Morgan fingerprint density at radius 2 is 1.58 bits per heavy atom. The molecule has 7 heteroatoms. The molecule has 0 saturated carbocycles. The minimum Gasteiger partial charge on any atom is -0.497 e. The van der Waals surface area contributed by atoms with E-state index in [1.807, 2.05) is 12.1 Å². The second-order valence-electron chi connectivity index (χ2n) is 8.10. The largest absolute Gasteiger partial charge is 0.497 e. The zero-order valence-corrected chi connectivity index (χ0v) is 20.2. The van der Waals surface area contributed by atoms with Crippen molar-refractivity contribution in [1.29, 1.82) is 0 Å². The monoisotopic (exact) mass is 451 g/mol. The number of nitrogens with one attached hydrogen (secondary N) is 2. The highest BCUT2D eigenvalue weighted by molar-refractivity contribution is 5.99. The summed E-state index contributed by atoms with van der Waals surface area (Å²) >= 11 is 0. The van der Waals surface area contributed by atoms with Crippen LogP contribution >= 0.6 is 12.4 Å². The molecule has 1 unspecified atom stereocenters. The van der Waals surface area contributed by atoms with E-state index in [1.165, 1.54) is 69.8 Å². The minimum atomic E-state index is 0. The van der Waals surface area contributed by atoms with Crippen LogP contribution in [-0.2, 0) is 6.42 Å². The molecule has 0 fully saturated rings. The number of benzene rings is 1. The van der Waals surface area contributed by atoms with Gasteiger partial charge in [-0.2, -0.15) is 0 Å². The minimum absolute atomic E-state index is 0. The summed E-state index contributed by atoms with van der Waals surface area (Å²) in [5, 5.41) is 6.41. The maximum absolute atomic E-state index is 5.95. The van der Waals surface area contributed by atoms with Crippen molar-refractivity contribution >= 4 is 24.3 Å². The highest BCUT2D eigenvalue weighted by atomic mass is 35.5. The van der Waals surface area contributed by atoms with Crippen LogP contribution < -0.4 is 21.1 Å². The van der Waals surface area contributed by atoms with Crippen LogP contribution in [0.15, 0.2) is 34.3 Å². The molecule has 1 aliphatic heterocycles. The highest BCUT2D eigenvalue weighted by Gasteiger charge is 2.15. The molecule has 0 radical (unpaired) electrons. The van der Waals surface area contributed by atoms with Gasteiger partial charge in [0.2, 0.25) is 0 Å². The van der Waals surface area contributed by atoms with E-state index in [0.29, 0.717) is 12.5 Å². The lowest BCUT2D eigenvalue weighted by atomic mass is 10.1. The lowest BCUT2D eigenvalue weighted by Crippen LogP contribution is -2.53. The number of ether oxygens (including phenoxy) is 1. The van der Waals surface area contributed by atoms with Crippen LogP contribution in [0.25, 0.3) is 0 Å². The van der Waals surface area contributed by atoms with E-state index in [2.05, 4.69) is 39.7 Å². The fraction of sp³-hybridized carbons (Fsp3) is 0.667. The number of nitrogens with zero attached hydrogens (tertiary/aromatic N) is 2. The molecule has 1 aromatic rings. The Labute approximate surface area is 194 Å². The summed E-state index contributed by atoms with van der Waals surface area (Å²) in [5.41, 5.74) is 7.19. The van der Waals surface area contributed by atoms with Crippen molar-refractivity contribution in [2.24, 2.45) is 15.7 Å². The fourth-order valence-corrected chi connectivity index (χ4v) is 3.68. The van der Waals surface area contributed by atoms with Crippen LogP contribution in [-0.4, -0.2) is 31.7 Å². The smallest absolute Gasteiger partial charge is 0.199 e. The predicted molar refractivity (Wildman–Crippen MR) is 134 cm³/mol. The molecule has 1 aliphatic rings. The molecule has 6 nitrogen and oxygen atoms in total. The molecule has 0 aliphatic carbocycles. The third-order valence-electron chi connectivity index (χ3n) is 5.51. The lowest BCUT2D eigenvalue weighted by molar-refractivity contribution is 0.414. The fourth-order valence-electron chi connectivity index (χ4n) is 3.68. The highest BCUT2D eigenvalue weighted by Crippen LogP contribution is 2.13. The molecular formula is C24H42ClN5O. The summed E-state index contributed by atoms with van der Waals surface area (Å²) < 4.78 is 5.20. The standard InChI is InChI=1S/C24H41N5O.ClH/c1-3-4-5-6-7-8-9-10-11-12-13-22-27-23(25)29-24(28-22)26-19-18-20-14-16-21(30-2)17-15-20;/h14-17,22H,3-13,18-19H2,1-2H3,(H4,25,26,27,28,29);1H. The van der Waals surface area contributed by atoms with Gasteiger partial charge in [-0.1, -0.05) is 76.8 Å². The molecule has 2 rings (SSSR count). The van der Waals surface area contributed by atoms with Crippen LogP contribution in [0, 0.1) is 0 Å². The van der Waals surface area contributed by atoms with Gasteiger partial charge in [-0.3, -0.25) is 10.3 Å². The van der Waals surface area contributed by atoms with Crippen molar-refractivity contribution in [1.82, 2.24) is 10.6 Å². The van der Waals surface area contributed by atoms with Gasteiger partial charge in [-0.25, -0.2) is 4.99 Å². The quantitative estimate of drug-likeness (QED) is 0.321. The molecule has 0 bridgehead atoms. The van der Waals surface area contributed by atoms with E-state index >= 15 is 0 Å². The molecular weight excluding hydrogens is 410 g/mol. The van der Waals surface area contributed by atoms with Gasteiger partial charge in [-0.15, -0.1) is 12.4 Å². The molecule has 0 aromatic heterocycles. The second kappa shape index (κ2) is 16.7. The molecule has 4 N–H and O–H groups in total. The first-order chi connectivity index (χ1) is 14.7. The van der Waals surface area contributed by atoms with Gasteiger partial charge in [0.25, 0.3) is 0 Å². The van der Waals surface area contributed by atoms with E-state index in [4.69, 9.17) is 10.5 Å². The van der Waals surface area contributed by atoms with Crippen LogP contribution in [0.4, 0.5) is 0 Å². The van der Waals surface area contributed by atoms with Crippen molar-refractivity contribution in [3.05, 3.63) is 29.8 Å². The summed E-state index contributed by atoms with van der Waals surface area (Å²) in [6, 6.07) is 8.11. The van der Waals surface area contributed by atoms with Crippen molar-refractivity contribution < 1.29 is 4.74 Å². The Balaban J connectivity index is 0.00000480. The average Bonchev–Trinajstić information content (AvgIpc) is 2.75. The number of rotatable bonds is 15. The molecule has 1 aromatic carbocycles. The van der Waals surface area contributed by atoms with Gasteiger partial charge in [0, 0.05) is 6.54 Å². The number of unbranched alkanes of at least 4 members (excludes halogenated alkanes) is 9. The van der Waals surface area contributed by atoms with E-state index in [1.54, 1.807) is 7.11 Å². The van der Waals surface area contributed by atoms with Crippen LogP contribution in [0.2, 0.25) is 0 Å². The number of nitrogens with two attached hydrogens (primary N) is 1. The first kappa shape index (κ1) is 27.1. The predicted octanol–water partition coefficient (Wildman–Crippen LogP) is 5.16. The Hall–Kier alpha value is -1.95. The van der Waals surface area contributed by atoms with Crippen LogP contribution in [0.1, 0.15) is 83.1 Å². The Kier molecular flexibility index (Phi) is 14.6. The Morgan fingerprint density at radius 3 is 2.19 bits per heavy atom. The van der Waals surface area contributed by atoms with Crippen LogP contribution in [0.3, 0.4) is 0 Å². The van der Waals surface area contributed by atoms with E-state index in [0.717, 1.165) is 24.6 Å². The average molecular weight is 452 g/mol. The zero-order chi connectivity index (χ0) is 21.4. The molecule has 31 heavy (non-hydrogen) atoms. The third-order valence-corrected chi connectivity index (χ3v) is 5.51. The molecule has 0 spiro atoms. The third kappa shape index (κ3) is 11.9. The van der Waals surface area contributed by atoms with E-state index in [-0.39, 0.29) is 18.6 Å². The van der Waals surface area contributed by atoms with Gasteiger partial charge in [-0.05, 0) is 37.0 Å². The van der Waals surface area contributed by atoms with E-state index < -0.39 is 0 Å². The molecule has 0 saturated heterocycles. The topological polar surface area (TPSA) is 84.0 Å². The summed E-state index contributed by atoms with van der Waals surface area (Å²) in [6.07, 6.45) is 15.3. The summed E-state index contributed by atoms with van der Waals surface area (Å²) in [6.45, 7) is 2.96. The van der Waals surface area contributed by atoms with Crippen molar-refractivity contribution in [2.45, 2.75) is 90.1 Å². The van der Waals surface area contributed by atoms with Gasteiger partial charge < -0.3 is 15.8 Å². The van der Waals surface area contributed by atoms with Gasteiger partial charge in [0.05, 0.1) is 7.11 Å². The number of halogens is 1. The van der Waals surface area contributed by atoms with Crippen molar-refractivity contribution in [3.63, 3.8) is 0 Å². The second-order valence-corrected chi connectivity index (χ2v) is 8.10. The van der Waals surface area contributed by atoms with Gasteiger partial charge in [0.1, 0.15) is 11.9 Å². The summed E-state index contributed by atoms with van der Waals surface area (Å²) in [7, 11) is 1.68. The van der Waals surface area contributed by atoms with Crippen LogP contribution in [0.5, 0.6) is 5.75 Å². The summed E-state index contributed by atoms with van der Waals surface area (Å²) in [5.74, 6) is 2.06. The molecule has 1 atom stereocenters. The van der Waals surface area contributed by atoms with Gasteiger partial charge in [0.15, 0.2) is 11.9 Å². The normalized spacial score (nSPS) is 16.8. The SMILES string of the molecule is CCCCCCCCCCCCC1N=C(N)NC(=NCCc2ccc(OC)cc2)N1.Cl. The van der Waals surface area contributed by atoms with Gasteiger partial charge >= 0.3 is 0 Å². The Bertz CT molecular complexity index is 648. The lowest BCUT2D eigenvalue weighted by Gasteiger charge is -2.24. The number of hydrogen-bond acceptors (Lipinski definition) is 4. The number of methoxy groups -OCH3 is 1. The molecule has 176 valence electrons. The Morgan fingerprint density at radius 1 is 0.968 bits per heavy atom. The maximum Gasteiger partial charge on any atom is 0.199 e. The molecule has 0 amide bonds. The first-order valence-electron chi connectivity index (χ1n) is 11.8. The first-order valence-corrected chi connectivity index (χ1v) is 11.8. The summed E-state index contributed by atoms with van der Waals surface area (Å²) in [4.78, 5) is 9.09. The molecule has 1 heterocycles. The number of aliphatic imine (C=N–C) groups is 2. The van der Waals surface area contributed by atoms with E-state index in [9.17, 15) is 0 Å². The number of hydrogen-bond donors (Lipinski definition) is 3. The van der Waals surface area contributed by atoms with Crippen molar-refractivity contribution in [2.75, 3.05) is 13.7 Å². The number of guanidine groups is 2. The zero-order valence-electron chi connectivity index (χ0n) is 19.4. The maximum atomic E-state index is 5.95.